The van der Waals surface area contributed by atoms with Gasteiger partial charge in [0.2, 0.25) is 5.95 Å². The van der Waals surface area contributed by atoms with E-state index in [2.05, 4.69) is 19.8 Å². The van der Waals surface area contributed by atoms with E-state index in [1.165, 1.54) is 0 Å². The van der Waals surface area contributed by atoms with E-state index in [0.29, 0.717) is 36.8 Å². The average molecular weight is 321 g/mol. The Kier molecular flexibility index (Phi) is 3.55. The fourth-order valence-electron chi connectivity index (χ4n) is 4.05. The Bertz CT molecular complexity index is 574. The Labute approximate surface area is 134 Å². The van der Waals surface area contributed by atoms with E-state index in [4.69, 9.17) is 10.5 Å². The van der Waals surface area contributed by atoms with Gasteiger partial charge in [0.15, 0.2) is 0 Å². The first-order valence-corrected chi connectivity index (χ1v) is 8.12. The van der Waals surface area contributed by atoms with Crippen molar-refractivity contribution in [3.63, 3.8) is 0 Å². The molecule has 3 fully saturated rings. The largest absolute Gasteiger partial charge is 0.396 e. The second-order valence-corrected chi connectivity index (χ2v) is 6.72. The summed E-state index contributed by atoms with van der Waals surface area (Å²) in [6.07, 6.45) is 0. The minimum absolute atomic E-state index is 0.0532. The summed E-state index contributed by atoms with van der Waals surface area (Å²) in [5.74, 6) is 2.61. The van der Waals surface area contributed by atoms with Gasteiger partial charge in [0.05, 0.1) is 26.4 Å². The summed E-state index contributed by atoms with van der Waals surface area (Å²) in [6, 6.07) is 1.80. The summed E-state index contributed by atoms with van der Waals surface area (Å²) in [7, 11) is 0. The van der Waals surface area contributed by atoms with E-state index < -0.39 is 0 Å². The number of morpholine rings is 1. The van der Waals surface area contributed by atoms with Gasteiger partial charge >= 0.3 is 0 Å². The molecule has 2 saturated heterocycles. The first kappa shape index (κ1) is 14.9. The number of aromatic nitrogens is 2. The number of aliphatic hydroxyl groups is 2. The molecule has 1 aromatic rings. The van der Waals surface area contributed by atoms with E-state index in [9.17, 15) is 10.2 Å². The van der Waals surface area contributed by atoms with Gasteiger partial charge < -0.3 is 30.5 Å². The van der Waals surface area contributed by atoms with Gasteiger partial charge in [-0.3, -0.25) is 0 Å². The summed E-state index contributed by atoms with van der Waals surface area (Å²) < 4.78 is 5.36. The molecule has 2 atom stereocenters. The van der Waals surface area contributed by atoms with Crippen molar-refractivity contribution in [3.8, 4) is 0 Å². The van der Waals surface area contributed by atoms with Gasteiger partial charge in [0.25, 0.3) is 0 Å². The van der Waals surface area contributed by atoms with Crippen LogP contribution in [-0.4, -0.2) is 72.8 Å². The van der Waals surface area contributed by atoms with Crippen molar-refractivity contribution >= 4 is 17.6 Å². The van der Waals surface area contributed by atoms with E-state index >= 15 is 0 Å². The molecule has 8 heteroatoms. The maximum Gasteiger partial charge on any atom is 0.229 e. The van der Waals surface area contributed by atoms with Gasteiger partial charge in [-0.15, -0.1) is 0 Å². The van der Waals surface area contributed by atoms with Crippen molar-refractivity contribution in [1.29, 1.82) is 0 Å². The topological polar surface area (TPSA) is 108 Å². The first-order valence-electron chi connectivity index (χ1n) is 8.12. The molecule has 0 radical (unpaired) electrons. The molecular weight excluding hydrogens is 298 g/mol. The zero-order valence-electron chi connectivity index (χ0n) is 13.1. The van der Waals surface area contributed by atoms with Crippen LogP contribution in [0.15, 0.2) is 6.07 Å². The number of nitrogen functional groups attached to an aromatic ring is 1. The average Bonchev–Trinajstić information content (AvgIpc) is 2.95. The highest BCUT2D eigenvalue weighted by molar-refractivity contribution is 5.54. The molecule has 0 bridgehead atoms. The fourth-order valence-corrected chi connectivity index (χ4v) is 4.05. The van der Waals surface area contributed by atoms with Crippen molar-refractivity contribution in [1.82, 2.24) is 9.97 Å². The van der Waals surface area contributed by atoms with Gasteiger partial charge in [-0.25, -0.2) is 0 Å². The minimum atomic E-state index is -0.290. The predicted octanol–water partition coefficient (Wildman–Crippen LogP) is -1.07. The van der Waals surface area contributed by atoms with Gasteiger partial charge in [-0.1, -0.05) is 0 Å². The Morgan fingerprint density at radius 3 is 2.39 bits per heavy atom. The number of fused-ring (bicyclic) bond motifs is 1. The van der Waals surface area contributed by atoms with Crippen LogP contribution in [0.4, 0.5) is 17.6 Å². The van der Waals surface area contributed by atoms with Crippen LogP contribution >= 0.6 is 0 Å². The lowest BCUT2D eigenvalue weighted by Crippen LogP contribution is -2.38. The Morgan fingerprint density at radius 1 is 1.13 bits per heavy atom. The van der Waals surface area contributed by atoms with Gasteiger partial charge in [-0.05, 0) is 11.8 Å². The molecule has 2 unspecified atom stereocenters. The number of aliphatic hydroxyl groups excluding tert-OH is 2. The Hall–Kier alpha value is -1.64. The first-order chi connectivity index (χ1) is 11.2. The standard InChI is InChI=1S/C15H23N5O3/c16-12-5-13(18-14(17-12)19-1-3-23-4-2-19)20-6-10-11(7-20)15(10,8-21)9-22/h5,10-11,21-22H,1-4,6-9H2,(H2,16,17,18). The summed E-state index contributed by atoms with van der Waals surface area (Å²) in [5.41, 5.74) is 5.68. The number of piperidine rings is 1. The van der Waals surface area contributed by atoms with Crippen molar-refractivity contribution in [3.05, 3.63) is 6.07 Å². The van der Waals surface area contributed by atoms with Crippen LogP contribution < -0.4 is 15.5 Å². The maximum absolute atomic E-state index is 9.53. The lowest BCUT2D eigenvalue weighted by Gasteiger charge is -2.29. The maximum atomic E-state index is 9.53. The monoisotopic (exact) mass is 321 g/mol. The molecule has 2 aliphatic heterocycles. The number of anilines is 3. The van der Waals surface area contributed by atoms with Crippen LogP contribution in [0.1, 0.15) is 0 Å². The number of nitrogens with zero attached hydrogens (tertiary/aromatic N) is 4. The zero-order chi connectivity index (χ0) is 16.0. The summed E-state index contributed by atoms with van der Waals surface area (Å²) in [5, 5.41) is 19.1. The lowest BCUT2D eigenvalue weighted by atomic mass is 10.0. The molecule has 3 heterocycles. The second-order valence-electron chi connectivity index (χ2n) is 6.72. The molecule has 4 rings (SSSR count). The van der Waals surface area contributed by atoms with Gasteiger partial charge in [0.1, 0.15) is 11.6 Å². The molecule has 0 amide bonds. The highest BCUT2D eigenvalue weighted by atomic mass is 16.5. The van der Waals surface area contributed by atoms with E-state index in [0.717, 1.165) is 32.0 Å². The molecule has 0 spiro atoms. The molecule has 4 N–H and O–H groups in total. The lowest BCUT2D eigenvalue weighted by molar-refractivity contribution is 0.109. The van der Waals surface area contributed by atoms with E-state index in [-0.39, 0.29) is 18.6 Å². The van der Waals surface area contributed by atoms with Crippen molar-refractivity contribution in [2.75, 3.05) is 68.1 Å². The molecule has 126 valence electrons. The highest BCUT2D eigenvalue weighted by Crippen LogP contribution is 2.62. The number of nitrogens with two attached hydrogens (primary N) is 1. The molecule has 23 heavy (non-hydrogen) atoms. The van der Waals surface area contributed by atoms with Crippen LogP contribution in [0.3, 0.4) is 0 Å². The minimum Gasteiger partial charge on any atom is -0.396 e. The highest BCUT2D eigenvalue weighted by Gasteiger charge is 2.67. The third-order valence-corrected chi connectivity index (χ3v) is 5.61. The third kappa shape index (κ3) is 2.32. The number of rotatable bonds is 4. The fraction of sp³-hybridized carbons (Fsp3) is 0.733. The van der Waals surface area contributed by atoms with Gasteiger partial charge in [-0.2, -0.15) is 9.97 Å². The quantitative estimate of drug-likeness (QED) is 0.643. The Morgan fingerprint density at radius 2 is 1.78 bits per heavy atom. The van der Waals surface area contributed by atoms with E-state index in [1.54, 1.807) is 6.07 Å². The van der Waals surface area contributed by atoms with Crippen LogP contribution in [-0.2, 0) is 4.74 Å². The van der Waals surface area contributed by atoms with Crippen LogP contribution in [0.25, 0.3) is 0 Å². The van der Waals surface area contributed by atoms with Crippen LogP contribution in [0.2, 0.25) is 0 Å². The van der Waals surface area contributed by atoms with Gasteiger partial charge in [0, 0.05) is 37.7 Å². The van der Waals surface area contributed by atoms with Crippen LogP contribution in [0.5, 0.6) is 0 Å². The Balaban J connectivity index is 1.51. The van der Waals surface area contributed by atoms with Crippen molar-refractivity contribution in [2.24, 2.45) is 17.3 Å². The molecule has 0 aromatic carbocycles. The number of ether oxygens (including phenoxy) is 1. The zero-order valence-corrected chi connectivity index (χ0v) is 13.1. The number of hydrogen-bond acceptors (Lipinski definition) is 8. The summed E-state index contributed by atoms with van der Waals surface area (Å²) in [6.45, 7) is 4.59. The van der Waals surface area contributed by atoms with E-state index in [1.807, 2.05) is 0 Å². The van der Waals surface area contributed by atoms with Crippen molar-refractivity contribution in [2.45, 2.75) is 0 Å². The SMILES string of the molecule is Nc1cc(N2CC3C(C2)C3(CO)CO)nc(N2CCOCC2)n1. The molecule has 8 nitrogen and oxygen atoms in total. The third-order valence-electron chi connectivity index (χ3n) is 5.61. The molecule has 1 aliphatic carbocycles. The smallest absolute Gasteiger partial charge is 0.229 e. The number of hydrogen-bond donors (Lipinski definition) is 3. The summed E-state index contributed by atoms with van der Waals surface area (Å²) in [4.78, 5) is 13.3. The predicted molar refractivity (Wildman–Crippen MR) is 85.3 cm³/mol. The molecular formula is C15H23N5O3. The second kappa shape index (κ2) is 5.47. The molecule has 1 aromatic heterocycles. The van der Waals surface area contributed by atoms with Crippen molar-refractivity contribution < 1.29 is 14.9 Å². The molecule has 1 saturated carbocycles. The normalized spacial score (nSPS) is 28.8. The summed E-state index contributed by atoms with van der Waals surface area (Å²) >= 11 is 0. The van der Waals surface area contributed by atoms with Crippen LogP contribution in [0, 0.1) is 17.3 Å². The molecule has 3 aliphatic rings.